The van der Waals surface area contributed by atoms with Crippen LogP contribution in [0.2, 0.25) is 0 Å². The maximum atomic E-state index is 13.3. The minimum absolute atomic E-state index is 0. The maximum absolute atomic E-state index is 13.3. The molecule has 0 fully saturated rings. The summed E-state index contributed by atoms with van der Waals surface area (Å²) < 4.78 is 13.3. The van der Waals surface area contributed by atoms with Crippen molar-refractivity contribution in [2.75, 3.05) is 7.05 Å². The highest BCUT2D eigenvalue weighted by atomic mass is 127. The van der Waals surface area contributed by atoms with E-state index in [-0.39, 0.29) is 29.8 Å². The largest absolute Gasteiger partial charge is 0.366 e. The number of amides is 1. The molecule has 0 aliphatic rings. The molecule has 2 aromatic carbocycles. The van der Waals surface area contributed by atoms with Gasteiger partial charge < -0.3 is 16.4 Å². The van der Waals surface area contributed by atoms with E-state index < -0.39 is 5.91 Å². The summed E-state index contributed by atoms with van der Waals surface area (Å²) in [5.41, 5.74) is 8.29. The Morgan fingerprint density at radius 3 is 2.16 bits per heavy atom. The van der Waals surface area contributed by atoms with Gasteiger partial charge in [-0.2, -0.15) is 0 Å². The minimum atomic E-state index is -0.443. The predicted octanol–water partition coefficient (Wildman–Crippen LogP) is 2.72. The maximum Gasteiger partial charge on any atom is 0.248 e. The molecule has 0 aromatic heterocycles. The first kappa shape index (κ1) is 20.9. The number of nitrogens with one attached hydrogen (secondary N) is 2. The topological polar surface area (TPSA) is 79.5 Å². The van der Waals surface area contributed by atoms with Crippen LogP contribution in [0.4, 0.5) is 4.39 Å². The molecule has 0 saturated carbocycles. The summed E-state index contributed by atoms with van der Waals surface area (Å²) in [6.45, 7) is 2.84. The molecule has 25 heavy (non-hydrogen) atoms. The minimum Gasteiger partial charge on any atom is -0.366 e. The van der Waals surface area contributed by atoms with Crippen molar-refractivity contribution in [2.24, 2.45) is 10.7 Å². The second-order valence-corrected chi connectivity index (χ2v) is 5.42. The fourth-order valence-electron chi connectivity index (χ4n) is 2.20. The summed E-state index contributed by atoms with van der Waals surface area (Å²) in [6, 6.07) is 12.1. The van der Waals surface area contributed by atoms with Crippen molar-refractivity contribution in [2.45, 2.75) is 20.0 Å². The number of aliphatic imine (C=N–C) groups is 1. The van der Waals surface area contributed by atoms with Crippen LogP contribution in [0.3, 0.4) is 0 Å². The molecule has 0 heterocycles. The molecule has 2 aromatic rings. The van der Waals surface area contributed by atoms with E-state index >= 15 is 0 Å². The highest BCUT2D eigenvalue weighted by Crippen LogP contribution is 2.09. The van der Waals surface area contributed by atoms with Gasteiger partial charge in [-0.1, -0.05) is 24.3 Å². The number of aryl methyl sites for hydroxylation is 1. The smallest absolute Gasteiger partial charge is 0.248 e. The number of nitrogens with zero attached hydrogens (tertiary/aromatic N) is 1. The number of hydrogen-bond donors (Lipinski definition) is 3. The van der Waals surface area contributed by atoms with Gasteiger partial charge in [-0.15, -0.1) is 24.0 Å². The van der Waals surface area contributed by atoms with E-state index in [4.69, 9.17) is 5.73 Å². The number of guanidine groups is 1. The quantitative estimate of drug-likeness (QED) is 0.368. The van der Waals surface area contributed by atoms with Crippen LogP contribution in [0, 0.1) is 12.7 Å². The number of nitrogens with two attached hydrogens (primary N) is 1. The normalized spacial score (nSPS) is 10.8. The van der Waals surface area contributed by atoms with Crippen molar-refractivity contribution in [1.82, 2.24) is 10.6 Å². The Morgan fingerprint density at radius 2 is 1.64 bits per heavy atom. The van der Waals surface area contributed by atoms with Crippen LogP contribution < -0.4 is 16.4 Å². The fourth-order valence-corrected chi connectivity index (χ4v) is 2.20. The number of carbonyl (C=O) groups is 1. The lowest BCUT2D eigenvalue weighted by Crippen LogP contribution is -2.36. The average Bonchev–Trinajstić information content (AvgIpc) is 2.58. The van der Waals surface area contributed by atoms with Crippen molar-refractivity contribution in [3.05, 3.63) is 70.5 Å². The third kappa shape index (κ3) is 6.33. The van der Waals surface area contributed by atoms with Crippen LogP contribution >= 0.6 is 24.0 Å². The Labute approximate surface area is 163 Å². The van der Waals surface area contributed by atoms with Gasteiger partial charge in [0.2, 0.25) is 5.91 Å². The molecule has 5 nitrogen and oxygen atoms in total. The first-order valence-electron chi connectivity index (χ1n) is 7.58. The highest BCUT2D eigenvalue weighted by Gasteiger charge is 2.03. The van der Waals surface area contributed by atoms with Crippen LogP contribution in [0.1, 0.15) is 27.0 Å². The van der Waals surface area contributed by atoms with E-state index in [1.165, 1.54) is 6.07 Å². The molecule has 4 N–H and O–H groups in total. The highest BCUT2D eigenvalue weighted by molar-refractivity contribution is 14.0. The van der Waals surface area contributed by atoms with Gasteiger partial charge in [-0.25, -0.2) is 4.39 Å². The lowest BCUT2D eigenvalue weighted by molar-refractivity contribution is 0.100. The second-order valence-electron chi connectivity index (χ2n) is 5.42. The molecule has 0 unspecified atom stereocenters. The summed E-state index contributed by atoms with van der Waals surface area (Å²) in [7, 11) is 1.68. The zero-order valence-electron chi connectivity index (χ0n) is 14.2. The zero-order chi connectivity index (χ0) is 17.5. The first-order valence-corrected chi connectivity index (χ1v) is 7.58. The van der Waals surface area contributed by atoms with Gasteiger partial charge in [-0.05, 0) is 41.8 Å². The third-order valence-electron chi connectivity index (χ3n) is 3.60. The van der Waals surface area contributed by atoms with Crippen LogP contribution in [0.25, 0.3) is 0 Å². The van der Waals surface area contributed by atoms with E-state index in [0.29, 0.717) is 30.2 Å². The van der Waals surface area contributed by atoms with Gasteiger partial charge >= 0.3 is 0 Å². The summed E-state index contributed by atoms with van der Waals surface area (Å²) in [5, 5.41) is 6.35. The van der Waals surface area contributed by atoms with Crippen LogP contribution in [-0.2, 0) is 13.1 Å². The molecule has 0 saturated heterocycles. The lowest BCUT2D eigenvalue weighted by Gasteiger charge is -2.12. The summed E-state index contributed by atoms with van der Waals surface area (Å²) >= 11 is 0. The van der Waals surface area contributed by atoms with Gasteiger partial charge in [0.25, 0.3) is 0 Å². The number of primary amides is 1. The molecule has 0 spiro atoms. The molecule has 2 rings (SSSR count). The van der Waals surface area contributed by atoms with Gasteiger partial charge in [0, 0.05) is 25.7 Å². The monoisotopic (exact) mass is 456 g/mol. The molecule has 0 aliphatic carbocycles. The van der Waals surface area contributed by atoms with Crippen LogP contribution in [0.5, 0.6) is 0 Å². The Kier molecular flexibility index (Phi) is 8.33. The molecule has 0 bridgehead atoms. The number of rotatable bonds is 5. The summed E-state index contributed by atoms with van der Waals surface area (Å²) in [5.74, 6) is -0.0156. The van der Waals surface area contributed by atoms with E-state index in [9.17, 15) is 9.18 Å². The molecule has 7 heteroatoms. The Balaban J connectivity index is 0.00000312. The van der Waals surface area contributed by atoms with E-state index in [0.717, 1.165) is 11.1 Å². The van der Waals surface area contributed by atoms with Crippen LogP contribution in [0.15, 0.2) is 47.5 Å². The van der Waals surface area contributed by atoms with Crippen molar-refractivity contribution >= 4 is 35.8 Å². The molecular weight excluding hydrogens is 434 g/mol. The number of carbonyl (C=O) groups excluding carboxylic acids is 1. The number of hydrogen-bond acceptors (Lipinski definition) is 2. The Morgan fingerprint density at radius 1 is 1.08 bits per heavy atom. The summed E-state index contributed by atoms with van der Waals surface area (Å²) in [6.07, 6.45) is 0. The molecule has 134 valence electrons. The van der Waals surface area contributed by atoms with Gasteiger partial charge in [-0.3, -0.25) is 9.79 Å². The molecule has 0 atom stereocenters. The Hall–Kier alpha value is -2.16. The van der Waals surface area contributed by atoms with Gasteiger partial charge in [0.15, 0.2) is 5.96 Å². The third-order valence-corrected chi connectivity index (χ3v) is 3.60. The van der Waals surface area contributed by atoms with Crippen LogP contribution in [-0.4, -0.2) is 18.9 Å². The van der Waals surface area contributed by atoms with Crippen molar-refractivity contribution in [1.29, 1.82) is 0 Å². The first-order chi connectivity index (χ1) is 11.5. The second kappa shape index (κ2) is 9.97. The van der Waals surface area contributed by atoms with E-state index in [2.05, 4.69) is 15.6 Å². The van der Waals surface area contributed by atoms with Crippen molar-refractivity contribution in [3.8, 4) is 0 Å². The van der Waals surface area contributed by atoms with Gasteiger partial charge in [0.1, 0.15) is 5.82 Å². The van der Waals surface area contributed by atoms with Crippen molar-refractivity contribution in [3.63, 3.8) is 0 Å². The van der Waals surface area contributed by atoms with Gasteiger partial charge in [0.05, 0.1) is 0 Å². The SMILES string of the molecule is CN=C(NCc1ccc(C(N)=O)cc1)NCc1ccc(F)c(C)c1.I. The lowest BCUT2D eigenvalue weighted by atomic mass is 10.1. The number of benzene rings is 2. The standard InChI is InChI=1S/C18H21FN4O.HI/c1-12-9-14(5-8-16(12)19)11-23-18(21-2)22-10-13-3-6-15(7-4-13)17(20)24;/h3-9H,10-11H2,1-2H3,(H2,20,24)(H2,21,22,23);1H. The number of halogens is 2. The van der Waals surface area contributed by atoms with E-state index in [1.807, 2.05) is 12.1 Å². The average molecular weight is 456 g/mol. The summed E-state index contributed by atoms with van der Waals surface area (Å²) in [4.78, 5) is 15.2. The molecule has 1 amide bonds. The zero-order valence-corrected chi connectivity index (χ0v) is 16.5. The predicted molar refractivity (Wildman–Crippen MR) is 109 cm³/mol. The van der Waals surface area contributed by atoms with E-state index in [1.54, 1.807) is 38.2 Å². The molecular formula is C18H22FIN4O. The molecule has 0 radical (unpaired) electrons. The Bertz CT molecular complexity index is 747. The molecule has 0 aliphatic heterocycles. The fraction of sp³-hybridized carbons (Fsp3) is 0.222. The van der Waals surface area contributed by atoms with Crippen molar-refractivity contribution < 1.29 is 9.18 Å².